The summed E-state index contributed by atoms with van der Waals surface area (Å²) < 4.78 is 0. The van der Waals surface area contributed by atoms with E-state index in [1.165, 1.54) is 4.90 Å². The Kier molecular flexibility index (Phi) is 6.81. The zero-order valence-corrected chi connectivity index (χ0v) is 15.9. The maximum Gasteiger partial charge on any atom is 0.251 e. The minimum atomic E-state index is -0.692. The number of para-hydroxylation sites is 1. The Balaban J connectivity index is 1.69. The molecule has 0 radical (unpaired) electrons. The van der Waals surface area contributed by atoms with Gasteiger partial charge in [0.05, 0.1) is 12.5 Å². The predicted molar refractivity (Wildman–Crippen MR) is 104 cm³/mol. The third-order valence-corrected chi connectivity index (χ3v) is 5.52. The summed E-state index contributed by atoms with van der Waals surface area (Å²) in [4.78, 5) is 38.3. The maximum atomic E-state index is 13.2. The second-order valence-electron chi connectivity index (χ2n) is 7.53. The van der Waals surface area contributed by atoms with Crippen LogP contribution in [0, 0.1) is 11.8 Å². The Morgan fingerprint density at radius 1 is 1.25 bits per heavy atom. The van der Waals surface area contributed by atoms with Gasteiger partial charge in [0, 0.05) is 12.2 Å². The molecular weight excluding hydrogens is 358 g/mol. The quantitative estimate of drug-likeness (QED) is 0.311. The Hall–Kier alpha value is -2.67. The summed E-state index contributed by atoms with van der Waals surface area (Å²) in [6, 6.07) is 8.41. The zero-order valence-electron chi connectivity index (χ0n) is 15.9. The van der Waals surface area contributed by atoms with Gasteiger partial charge in [-0.1, -0.05) is 56.0 Å². The number of benzene rings is 1. The van der Waals surface area contributed by atoms with E-state index in [1.54, 1.807) is 24.3 Å². The molecule has 1 aliphatic heterocycles. The summed E-state index contributed by atoms with van der Waals surface area (Å²) in [5.74, 6) is -0.582. The molecule has 0 spiro atoms. The summed E-state index contributed by atoms with van der Waals surface area (Å²) in [6.07, 6.45) is 8.88. The van der Waals surface area contributed by atoms with Gasteiger partial charge in [0.2, 0.25) is 12.3 Å². The highest BCUT2D eigenvalue weighted by Crippen LogP contribution is 2.32. The van der Waals surface area contributed by atoms with Gasteiger partial charge in [-0.15, -0.1) is 0 Å². The molecule has 0 unspecified atom stereocenters. The van der Waals surface area contributed by atoms with Gasteiger partial charge in [-0.3, -0.25) is 19.6 Å². The van der Waals surface area contributed by atoms with Crippen molar-refractivity contribution < 1.29 is 19.6 Å². The molecule has 3 rings (SSSR count). The van der Waals surface area contributed by atoms with Gasteiger partial charge < -0.3 is 10.2 Å². The molecule has 7 nitrogen and oxygen atoms in total. The zero-order chi connectivity index (χ0) is 19.9. The van der Waals surface area contributed by atoms with E-state index in [2.05, 4.69) is 5.32 Å². The molecule has 1 aromatic rings. The van der Waals surface area contributed by atoms with E-state index in [-0.39, 0.29) is 18.4 Å². The maximum absolute atomic E-state index is 13.2. The second-order valence-corrected chi connectivity index (χ2v) is 7.53. The van der Waals surface area contributed by atoms with Crippen molar-refractivity contribution in [3.05, 3.63) is 42.5 Å². The van der Waals surface area contributed by atoms with Crippen molar-refractivity contribution >= 4 is 23.9 Å². The van der Waals surface area contributed by atoms with Crippen molar-refractivity contribution in [3.8, 4) is 0 Å². The lowest BCUT2D eigenvalue weighted by Crippen LogP contribution is -2.48. The van der Waals surface area contributed by atoms with Crippen LogP contribution in [-0.4, -0.2) is 52.5 Å². The van der Waals surface area contributed by atoms with Crippen molar-refractivity contribution in [1.29, 1.82) is 0 Å². The SMILES string of the molecule is O=CN(O)C[C@@H](CC1CCCC1)C(=O)N1CC=C[C@H]1C(=O)Nc1ccccc1. The highest BCUT2D eigenvalue weighted by molar-refractivity contribution is 5.99. The van der Waals surface area contributed by atoms with E-state index >= 15 is 0 Å². The number of hydroxylamine groups is 2. The molecule has 7 heteroatoms. The number of carbonyl (C=O) groups excluding carboxylic acids is 3. The predicted octanol–water partition coefficient (Wildman–Crippen LogP) is 2.44. The summed E-state index contributed by atoms with van der Waals surface area (Å²) in [7, 11) is 0. The van der Waals surface area contributed by atoms with Crippen LogP contribution in [0.15, 0.2) is 42.5 Å². The number of anilines is 1. The first-order valence-electron chi connectivity index (χ1n) is 9.82. The van der Waals surface area contributed by atoms with E-state index in [4.69, 9.17) is 0 Å². The van der Waals surface area contributed by atoms with Crippen LogP contribution >= 0.6 is 0 Å². The molecule has 0 aromatic heterocycles. The van der Waals surface area contributed by atoms with E-state index < -0.39 is 12.0 Å². The average molecular weight is 385 g/mol. The van der Waals surface area contributed by atoms with Crippen molar-refractivity contribution in [1.82, 2.24) is 9.96 Å². The van der Waals surface area contributed by atoms with Gasteiger partial charge in [0.1, 0.15) is 6.04 Å². The average Bonchev–Trinajstić information content (AvgIpc) is 3.39. The fourth-order valence-electron chi connectivity index (χ4n) is 4.12. The van der Waals surface area contributed by atoms with Crippen LogP contribution in [0.4, 0.5) is 5.69 Å². The molecule has 3 amide bonds. The molecule has 28 heavy (non-hydrogen) atoms. The fraction of sp³-hybridized carbons (Fsp3) is 0.476. The van der Waals surface area contributed by atoms with Crippen LogP contribution in [0.2, 0.25) is 0 Å². The molecule has 1 aliphatic carbocycles. The Morgan fingerprint density at radius 3 is 2.64 bits per heavy atom. The smallest absolute Gasteiger partial charge is 0.251 e. The number of rotatable bonds is 8. The third-order valence-electron chi connectivity index (χ3n) is 5.52. The van der Waals surface area contributed by atoms with Crippen molar-refractivity contribution in [2.24, 2.45) is 11.8 Å². The topological polar surface area (TPSA) is 90.0 Å². The summed E-state index contributed by atoms with van der Waals surface area (Å²) >= 11 is 0. The molecule has 1 aromatic carbocycles. The van der Waals surface area contributed by atoms with Gasteiger partial charge >= 0.3 is 0 Å². The first-order valence-corrected chi connectivity index (χ1v) is 9.82. The minimum absolute atomic E-state index is 0.0532. The van der Waals surface area contributed by atoms with E-state index in [0.29, 0.717) is 36.0 Å². The van der Waals surface area contributed by atoms with Gasteiger partial charge in [0.15, 0.2) is 0 Å². The van der Waals surface area contributed by atoms with Gasteiger partial charge in [-0.2, -0.15) is 0 Å². The van der Waals surface area contributed by atoms with Gasteiger partial charge in [-0.05, 0) is 24.5 Å². The van der Waals surface area contributed by atoms with Crippen LogP contribution in [0.25, 0.3) is 0 Å². The number of carbonyl (C=O) groups is 3. The summed E-state index contributed by atoms with van der Waals surface area (Å²) in [5.41, 5.74) is 0.671. The van der Waals surface area contributed by atoms with Crippen LogP contribution in [0.1, 0.15) is 32.1 Å². The van der Waals surface area contributed by atoms with Crippen molar-refractivity contribution in [2.45, 2.75) is 38.1 Å². The fourth-order valence-corrected chi connectivity index (χ4v) is 4.12. The Morgan fingerprint density at radius 2 is 1.96 bits per heavy atom. The van der Waals surface area contributed by atoms with Crippen LogP contribution in [0.5, 0.6) is 0 Å². The normalized spacial score (nSPS) is 20.2. The van der Waals surface area contributed by atoms with Crippen LogP contribution in [0.3, 0.4) is 0 Å². The van der Waals surface area contributed by atoms with Gasteiger partial charge in [-0.25, -0.2) is 5.06 Å². The number of hydrogen-bond acceptors (Lipinski definition) is 4. The van der Waals surface area contributed by atoms with E-state index in [9.17, 15) is 19.6 Å². The van der Waals surface area contributed by atoms with E-state index in [1.807, 2.05) is 18.2 Å². The molecule has 0 saturated heterocycles. The molecule has 1 heterocycles. The van der Waals surface area contributed by atoms with Gasteiger partial charge in [0.25, 0.3) is 5.91 Å². The molecule has 2 aliphatic rings. The number of nitrogens with one attached hydrogen (secondary N) is 1. The van der Waals surface area contributed by atoms with Crippen LogP contribution in [-0.2, 0) is 14.4 Å². The lowest BCUT2D eigenvalue weighted by Gasteiger charge is -2.30. The summed E-state index contributed by atoms with van der Waals surface area (Å²) in [5, 5.41) is 13.0. The Bertz CT molecular complexity index is 716. The molecule has 2 N–H and O–H groups in total. The number of nitrogens with zero attached hydrogens (tertiary/aromatic N) is 2. The highest BCUT2D eigenvalue weighted by atomic mass is 16.5. The van der Waals surface area contributed by atoms with E-state index in [0.717, 1.165) is 25.7 Å². The minimum Gasteiger partial charge on any atom is -0.324 e. The first kappa shape index (κ1) is 20.1. The number of amides is 3. The van der Waals surface area contributed by atoms with Crippen molar-refractivity contribution in [3.63, 3.8) is 0 Å². The number of hydrogen-bond donors (Lipinski definition) is 2. The molecular formula is C21H27N3O4. The van der Waals surface area contributed by atoms with Crippen LogP contribution < -0.4 is 5.32 Å². The molecule has 1 saturated carbocycles. The molecule has 0 bridgehead atoms. The molecule has 1 fully saturated rings. The third kappa shape index (κ3) is 4.98. The standard InChI is InChI=1S/C21H27N3O4/c25-15-23(28)14-17(13-16-7-4-5-8-16)21(27)24-12-6-11-19(24)20(26)22-18-9-2-1-3-10-18/h1-3,6,9-11,15-17,19,28H,4-5,7-8,12-14H2,(H,22,26)/t17-,19+/m1/s1. The first-order chi connectivity index (χ1) is 13.6. The van der Waals surface area contributed by atoms with Crippen molar-refractivity contribution in [2.75, 3.05) is 18.4 Å². The summed E-state index contributed by atoms with van der Waals surface area (Å²) in [6.45, 7) is 0.293. The molecule has 150 valence electrons. The second kappa shape index (κ2) is 9.50. The largest absolute Gasteiger partial charge is 0.324 e. The Labute approximate surface area is 165 Å². The monoisotopic (exact) mass is 385 g/mol. The lowest BCUT2D eigenvalue weighted by atomic mass is 9.91. The lowest BCUT2D eigenvalue weighted by molar-refractivity contribution is -0.158. The molecule has 2 atom stereocenters. The highest BCUT2D eigenvalue weighted by Gasteiger charge is 2.36.